The van der Waals surface area contributed by atoms with E-state index in [4.69, 9.17) is 4.74 Å². The Kier molecular flexibility index (Phi) is 5.31. The molecule has 0 unspecified atom stereocenters. The first-order valence-corrected chi connectivity index (χ1v) is 8.22. The van der Waals surface area contributed by atoms with E-state index in [0.717, 1.165) is 11.4 Å². The number of carbonyl (C=O) groups is 1. The smallest absolute Gasteiger partial charge is 0.253 e. The summed E-state index contributed by atoms with van der Waals surface area (Å²) in [7, 11) is 3.63. The fourth-order valence-electron chi connectivity index (χ4n) is 2.53. The molecule has 0 atom stereocenters. The minimum absolute atomic E-state index is 0.107. The van der Waals surface area contributed by atoms with E-state index in [0.29, 0.717) is 24.5 Å². The Hall–Kier alpha value is -3.15. The molecule has 0 spiro atoms. The van der Waals surface area contributed by atoms with Crippen molar-refractivity contribution in [2.75, 3.05) is 7.05 Å². The molecule has 0 aliphatic carbocycles. The minimum atomic E-state index is -0.288. The molecule has 26 heavy (non-hydrogen) atoms. The standard InChI is InChI=1S/C20H20FN3O2/c1-23-12-11-22-19(23)14-26-18-9-5-16(6-10-18)20(25)24(2)13-15-3-7-17(21)8-4-15/h3-12H,13-14H2,1-2H3. The topological polar surface area (TPSA) is 47.4 Å². The molecular weight excluding hydrogens is 333 g/mol. The lowest BCUT2D eigenvalue weighted by Crippen LogP contribution is -2.26. The second-order valence-electron chi connectivity index (χ2n) is 6.06. The van der Waals surface area contributed by atoms with Gasteiger partial charge in [-0.05, 0) is 42.0 Å². The van der Waals surface area contributed by atoms with Crippen molar-refractivity contribution in [2.24, 2.45) is 7.05 Å². The van der Waals surface area contributed by atoms with Gasteiger partial charge in [-0.3, -0.25) is 4.79 Å². The fourth-order valence-corrected chi connectivity index (χ4v) is 2.53. The summed E-state index contributed by atoms with van der Waals surface area (Å²) >= 11 is 0. The number of hydrogen-bond donors (Lipinski definition) is 0. The van der Waals surface area contributed by atoms with Crippen LogP contribution < -0.4 is 4.74 Å². The first kappa shape index (κ1) is 17.7. The number of ether oxygens (including phenoxy) is 1. The van der Waals surface area contributed by atoms with Gasteiger partial charge in [0.25, 0.3) is 5.91 Å². The maximum atomic E-state index is 13.0. The first-order valence-electron chi connectivity index (χ1n) is 8.22. The molecule has 2 aromatic carbocycles. The summed E-state index contributed by atoms with van der Waals surface area (Å²) in [5.41, 5.74) is 1.44. The lowest BCUT2D eigenvalue weighted by molar-refractivity contribution is 0.0785. The first-order chi connectivity index (χ1) is 12.5. The van der Waals surface area contributed by atoms with Crippen LogP contribution in [-0.4, -0.2) is 27.4 Å². The molecule has 0 saturated carbocycles. The average Bonchev–Trinajstić information content (AvgIpc) is 3.06. The number of aromatic nitrogens is 2. The zero-order valence-corrected chi connectivity index (χ0v) is 14.7. The second-order valence-corrected chi connectivity index (χ2v) is 6.06. The molecule has 3 rings (SSSR count). The molecule has 5 nitrogen and oxygen atoms in total. The van der Waals surface area contributed by atoms with Crippen molar-refractivity contribution in [3.05, 3.63) is 83.7 Å². The summed E-state index contributed by atoms with van der Waals surface area (Å²) in [5.74, 6) is 1.10. The van der Waals surface area contributed by atoms with Crippen LogP contribution in [0.4, 0.5) is 4.39 Å². The van der Waals surface area contributed by atoms with Crippen molar-refractivity contribution in [1.29, 1.82) is 0 Å². The Balaban J connectivity index is 1.59. The number of imidazole rings is 1. The van der Waals surface area contributed by atoms with Crippen LogP contribution in [0.5, 0.6) is 5.75 Å². The molecule has 0 N–H and O–H groups in total. The molecule has 0 fully saturated rings. The van der Waals surface area contributed by atoms with Crippen LogP contribution in [-0.2, 0) is 20.2 Å². The second kappa shape index (κ2) is 7.82. The molecule has 3 aromatic rings. The van der Waals surface area contributed by atoms with Crippen LogP contribution in [0.15, 0.2) is 60.9 Å². The maximum absolute atomic E-state index is 13.0. The van der Waals surface area contributed by atoms with Gasteiger partial charge in [-0.2, -0.15) is 0 Å². The molecule has 0 aliphatic heterocycles. The van der Waals surface area contributed by atoms with Gasteiger partial charge in [-0.25, -0.2) is 9.37 Å². The Morgan fingerprint density at radius 1 is 1.15 bits per heavy atom. The average molecular weight is 353 g/mol. The van der Waals surface area contributed by atoms with Crippen LogP contribution in [0.2, 0.25) is 0 Å². The van der Waals surface area contributed by atoms with Gasteiger partial charge in [0.2, 0.25) is 0 Å². The van der Waals surface area contributed by atoms with Crippen LogP contribution in [0.25, 0.3) is 0 Å². The highest BCUT2D eigenvalue weighted by atomic mass is 19.1. The van der Waals surface area contributed by atoms with Crippen LogP contribution in [0.3, 0.4) is 0 Å². The van der Waals surface area contributed by atoms with Crippen molar-refractivity contribution in [2.45, 2.75) is 13.2 Å². The van der Waals surface area contributed by atoms with E-state index in [1.807, 2.05) is 17.8 Å². The highest BCUT2D eigenvalue weighted by Crippen LogP contribution is 2.16. The monoisotopic (exact) mass is 353 g/mol. The molecule has 1 aromatic heterocycles. The molecule has 0 aliphatic rings. The number of hydrogen-bond acceptors (Lipinski definition) is 3. The number of amides is 1. The summed E-state index contributed by atoms with van der Waals surface area (Å²) in [5, 5.41) is 0. The van der Waals surface area contributed by atoms with Gasteiger partial charge in [0.15, 0.2) is 0 Å². The molecule has 6 heteroatoms. The quantitative estimate of drug-likeness (QED) is 0.682. The Bertz CT molecular complexity index is 873. The zero-order chi connectivity index (χ0) is 18.5. The summed E-state index contributed by atoms with van der Waals surface area (Å²) < 4.78 is 20.5. The van der Waals surface area contributed by atoms with Crippen LogP contribution in [0, 0.1) is 5.82 Å². The van der Waals surface area contributed by atoms with Gasteiger partial charge < -0.3 is 14.2 Å². The Labute approximate surface area is 151 Å². The molecular formula is C20H20FN3O2. The van der Waals surface area contributed by atoms with E-state index in [1.54, 1.807) is 54.5 Å². The lowest BCUT2D eigenvalue weighted by Gasteiger charge is -2.17. The molecule has 1 amide bonds. The van der Waals surface area contributed by atoms with Gasteiger partial charge in [-0.15, -0.1) is 0 Å². The van der Waals surface area contributed by atoms with Gasteiger partial charge >= 0.3 is 0 Å². The van der Waals surface area contributed by atoms with Crippen LogP contribution >= 0.6 is 0 Å². The Morgan fingerprint density at radius 3 is 2.46 bits per heavy atom. The summed E-state index contributed by atoms with van der Waals surface area (Å²) in [6.45, 7) is 0.776. The van der Waals surface area contributed by atoms with E-state index >= 15 is 0 Å². The lowest BCUT2D eigenvalue weighted by atomic mass is 10.1. The molecule has 0 saturated heterocycles. The van der Waals surface area contributed by atoms with E-state index in [2.05, 4.69) is 4.98 Å². The number of carbonyl (C=O) groups excluding carboxylic acids is 1. The van der Waals surface area contributed by atoms with Gasteiger partial charge in [-0.1, -0.05) is 12.1 Å². The molecule has 0 bridgehead atoms. The Morgan fingerprint density at radius 2 is 1.85 bits per heavy atom. The third-order valence-corrected chi connectivity index (χ3v) is 4.07. The van der Waals surface area contributed by atoms with Gasteiger partial charge in [0.1, 0.15) is 24.0 Å². The van der Waals surface area contributed by atoms with E-state index in [-0.39, 0.29) is 11.7 Å². The number of aryl methyl sites for hydroxylation is 1. The largest absolute Gasteiger partial charge is 0.486 e. The normalized spacial score (nSPS) is 10.6. The van der Waals surface area contributed by atoms with Crippen molar-refractivity contribution in [1.82, 2.24) is 14.5 Å². The van der Waals surface area contributed by atoms with Gasteiger partial charge in [0, 0.05) is 38.6 Å². The fraction of sp³-hybridized carbons (Fsp3) is 0.200. The predicted molar refractivity (Wildman–Crippen MR) is 96.2 cm³/mol. The molecule has 0 radical (unpaired) electrons. The minimum Gasteiger partial charge on any atom is -0.486 e. The summed E-state index contributed by atoms with van der Waals surface area (Å²) in [6.07, 6.45) is 3.58. The van der Waals surface area contributed by atoms with Crippen molar-refractivity contribution in [3.63, 3.8) is 0 Å². The van der Waals surface area contributed by atoms with E-state index in [1.165, 1.54) is 12.1 Å². The van der Waals surface area contributed by atoms with Crippen molar-refractivity contribution < 1.29 is 13.9 Å². The zero-order valence-electron chi connectivity index (χ0n) is 14.7. The number of benzene rings is 2. The third-order valence-electron chi connectivity index (χ3n) is 4.07. The SMILES string of the molecule is CN(Cc1ccc(F)cc1)C(=O)c1ccc(OCc2nccn2C)cc1. The number of halogens is 1. The highest BCUT2D eigenvalue weighted by Gasteiger charge is 2.12. The van der Waals surface area contributed by atoms with E-state index in [9.17, 15) is 9.18 Å². The summed E-state index contributed by atoms with van der Waals surface area (Å²) in [6, 6.07) is 13.1. The predicted octanol–water partition coefficient (Wildman–Crippen LogP) is 3.41. The maximum Gasteiger partial charge on any atom is 0.253 e. The number of rotatable bonds is 6. The molecule has 1 heterocycles. The van der Waals surface area contributed by atoms with Gasteiger partial charge in [0.05, 0.1) is 0 Å². The third kappa shape index (κ3) is 4.27. The number of nitrogens with zero attached hydrogens (tertiary/aromatic N) is 3. The van der Waals surface area contributed by atoms with Crippen LogP contribution in [0.1, 0.15) is 21.7 Å². The molecule has 134 valence electrons. The van der Waals surface area contributed by atoms with E-state index < -0.39 is 0 Å². The summed E-state index contributed by atoms with van der Waals surface area (Å²) in [4.78, 5) is 18.3. The van der Waals surface area contributed by atoms with Crippen molar-refractivity contribution in [3.8, 4) is 5.75 Å². The highest BCUT2D eigenvalue weighted by molar-refractivity contribution is 5.94. The van der Waals surface area contributed by atoms with Crippen molar-refractivity contribution >= 4 is 5.91 Å².